The normalized spacial score (nSPS) is 10.3. The number of ether oxygens (including phenoxy) is 2. The molecule has 0 bridgehead atoms. The third kappa shape index (κ3) is 5.17. The highest BCUT2D eigenvalue weighted by Gasteiger charge is 2.25. The minimum absolute atomic E-state index is 0.0480. The molecule has 154 valence electrons. The number of carbonyl (C=O) groups is 3. The molecule has 0 aliphatic carbocycles. The van der Waals surface area contributed by atoms with E-state index in [0.29, 0.717) is 16.0 Å². The van der Waals surface area contributed by atoms with Gasteiger partial charge in [0.1, 0.15) is 5.00 Å². The fourth-order valence-corrected chi connectivity index (χ4v) is 3.69. The number of nitrogens with one attached hydrogen (secondary N) is 1. The molecule has 0 aliphatic heterocycles. The topological polar surface area (TPSA) is 125 Å². The predicted octanol–water partition coefficient (Wildman–Crippen LogP) is 3.67. The number of nitro groups is 1. The molecule has 1 aromatic heterocycles. The van der Waals surface area contributed by atoms with Crippen molar-refractivity contribution in [3.8, 4) is 5.75 Å². The summed E-state index contributed by atoms with van der Waals surface area (Å²) in [4.78, 5) is 47.2. The van der Waals surface area contributed by atoms with E-state index in [1.54, 1.807) is 26.8 Å². The first kappa shape index (κ1) is 22.0. The number of carbonyl (C=O) groups excluding carboxylic acids is 3. The van der Waals surface area contributed by atoms with Gasteiger partial charge in [-0.25, -0.2) is 4.79 Å². The highest BCUT2D eigenvalue weighted by Crippen LogP contribution is 2.34. The fourth-order valence-electron chi connectivity index (χ4n) is 2.58. The van der Waals surface area contributed by atoms with E-state index >= 15 is 0 Å². The van der Waals surface area contributed by atoms with Crippen molar-refractivity contribution >= 4 is 39.7 Å². The number of hydrogen-bond acceptors (Lipinski definition) is 8. The third-order valence-corrected chi connectivity index (χ3v) is 5.18. The van der Waals surface area contributed by atoms with Crippen molar-refractivity contribution in [2.45, 2.75) is 27.7 Å². The molecule has 29 heavy (non-hydrogen) atoms. The molecular formula is C19H20N2O7S. The van der Waals surface area contributed by atoms with Crippen molar-refractivity contribution in [2.24, 2.45) is 0 Å². The Balaban J connectivity index is 2.21. The van der Waals surface area contributed by atoms with Crippen LogP contribution in [0, 0.1) is 24.0 Å². The molecule has 10 heteroatoms. The molecule has 2 rings (SSSR count). The van der Waals surface area contributed by atoms with Gasteiger partial charge in [0.2, 0.25) is 0 Å². The fraction of sp³-hybridized carbons (Fsp3) is 0.316. The van der Waals surface area contributed by atoms with Gasteiger partial charge in [0.05, 0.1) is 22.0 Å². The monoisotopic (exact) mass is 420 g/mol. The number of amides is 1. The van der Waals surface area contributed by atoms with E-state index in [2.05, 4.69) is 5.32 Å². The molecule has 0 aliphatic rings. The quantitative estimate of drug-likeness (QED) is 0.299. The Hall–Kier alpha value is -3.27. The van der Waals surface area contributed by atoms with E-state index in [0.717, 1.165) is 11.3 Å². The van der Waals surface area contributed by atoms with Gasteiger partial charge < -0.3 is 14.8 Å². The first-order valence-electron chi connectivity index (χ1n) is 8.64. The molecule has 0 atom stereocenters. The Bertz CT molecular complexity index is 981. The summed E-state index contributed by atoms with van der Waals surface area (Å²) in [6.45, 7) is 5.92. The number of thiophene rings is 1. The zero-order valence-electron chi connectivity index (χ0n) is 16.4. The number of nitrogens with zero attached hydrogens (tertiary/aromatic N) is 1. The van der Waals surface area contributed by atoms with Gasteiger partial charge in [-0.1, -0.05) is 6.07 Å². The summed E-state index contributed by atoms with van der Waals surface area (Å²) in [5.74, 6) is -1.58. The lowest BCUT2D eigenvalue weighted by Gasteiger charge is -2.09. The number of rotatable bonds is 8. The van der Waals surface area contributed by atoms with Crippen LogP contribution in [0.3, 0.4) is 0 Å². The van der Waals surface area contributed by atoms with Crippen LogP contribution in [0.4, 0.5) is 10.7 Å². The van der Waals surface area contributed by atoms with Crippen molar-refractivity contribution in [1.29, 1.82) is 0 Å². The minimum Gasteiger partial charge on any atom is -0.477 e. The summed E-state index contributed by atoms with van der Waals surface area (Å²) in [6.07, 6.45) is 0. The summed E-state index contributed by atoms with van der Waals surface area (Å²) in [5, 5.41) is 13.8. The van der Waals surface area contributed by atoms with Crippen LogP contribution in [0.25, 0.3) is 0 Å². The molecule has 1 N–H and O–H groups in total. The lowest BCUT2D eigenvalue weighted by molar-refractivity contribution is -0.385. The molecule has 0 radical (unpaired) electrons. The molecule has 0 saturated heterocycles. The largest absolute Gasteiger partial charge is 0.477 e. The Morgan fingerprint density at radius 2 is 1.93 bits per heavy atom. The lowest BCUT2D eigenvalue weighted by atomic mass is 10.1. The van der Waals surface area contributed by atoms with Crippen molar-refractivity contribution in [3.05, 3.63) is 49.9 Å². The number of ketones is 1. The number of nitro benzene ring substituents is 1. The molecule has 1 aromatic carbocycles. The van der Waals surface area contributed by atoms with Crippen LogP contribution in [0.2, 0.25) is 0 Å². The van der Waals surface area contributed by atoms with Crippen LogP contribution in [0.5, 0.6) is 5.75 Å². The second-order valence-corrected chi connectivity index (χ2v) is 7.12. The zero-order valence-corrected chi connectivity index (χ0v) is 17.2. The summed E-state index contributed by atoms with van der Waals surface area (Å²) < 4.78 is 10.3. The van der Waals surface area contributed by atoms with Crippen LogP contribution in [-0.4, -0.2) is 35.8 Å². The lowest BCUT2D eigenvalue weighted by Crippen LogP contribution is -2.21. The maximum atomic E-state index is 12.3. The zero-order chi connectivity index (χ0) is 21.7. The van der Waals surface area contributed by atoms with Crippen molar-refractivity contribution in [3.63, 3.8) is 0 Å². The molecule has 2 aromatic rings. The molecule has 0 saturated carbocycles. The van der Waals surface area contributed by atoms with E-state index in [1.165, 1.54) is 19.1 Å². The summed E-state index contributed by atoms with van der Waals surface area (Å²) >= 11 is 0.962. The number of aryl methyl sites for hydroxylation is 1. The van der Waals surface area contributed by atoms with E-state index in [9.17, 15) is 24.5 Å². The molecule has 9 nitrogen and oxygen atoms in total. The standard InChI is InChI=1S/C19H20N2O7S/c1-5-27-19(24)16-11(3)17(12(4)22)29-18(16)20-15(23)9-28-14-7-6-10(2)8-13(14)21(25)26/h6-8H,5,9H2,1-4H3,(H,20,23). The van der Waals surface area contributed by atoms with Crippen molar-refractivity contribution in [1.82, 2.24) is 0 Å². The first-order chi connectivity index (χ1) is 13.6. The summed E-state index contributed by atoms with van der Waals surface area (Å²) in [5.41, 5.74) is 0.956. The predicted molar refractivity (Wildman–Crippen MR) is 107 cm³/mol. The van der Waals surface area contributed by atoms with Crippen LogP contribution in [-0.2, 0) is 9.53 Å². The maximum Gasteiger partial charge on any atom is 0.341 e. The molecule has 1 amide bonds. The Kier molecular flexibility index (Phi) is 7.05. The average molecular weight is 420 g/mol. The van der Waals surface area contributed by atoms with Crippen LogP contribution in [0.15, 0.2) is 18.2 Å². The van der Waals surface area contributed by atoms with Crippen molar-refractivity contribution < 1.29 is 28.8 Å². The van der Waals surface area contributed by atoms with Gasteiger partial charge in [-0.2, -0.15) is 0 Å². The number of Topliss-reactive ketones (excluding diaryl/α,β-unsaturated/α-hetero) is 1. The average Bonchev–Trinajstić information content (AvgIpc) is 2.97. The smallest absolute Gasteiger partial charge is 0.341 e. The number of anilines is 1. The number of hydrogen-bond donors (Lipinski definition) is 1. The van der Waals surface area contributed by atoms with Gasteiger partial charge in [-0.15, -0.1) is 11.3 Å². The van der Waals surface area contributed by atoms with Gasteiger partial charge in [0, 0.05) is 6.07 Å². The third-order valence-electron chi connectivity index (χ3n) is 3.87. The molecule has 0 unspecified atom stereocenters. The highest BCUT2D eigenvalue weighted by molar-refractivity contribution is 7.18. The van der Waals surface area contributed by atoms with E-state index in [-0.39, 0.29) is 34.4 Å². The molecule has 0 fully saturated rings. The SMILES string of the molecule is CCOC(=O)c1c(NC(=O)COc2ccc(C)cc2[N+](=O)[O-])sc(C(C)=O)c1C. The van der Waals surface area contributed by atoms with Gasteiger partial charge in [0.25, 0.3) is 5.91 Å². The van der Waals surface area contributed by atoms with Crippen LogP contribution in [0.1, 0.15) is 45.0 Å². The summed E-state index contributed by atoms with van der Waals surface area (Å²) in [7, 11) is 0. The first-order valence-corrected chi connectivity index (χ1v) is 9.46. The van der Waals surface area contributed by atoms with Crippen LogP contribution < -0.4 is 10.1 Å². The molecule has 0 spiro atoms. The van der Waals surface area contributed by atoms with Gasteiger partial charge in [-0.3, -0.25) is 19.7 Å². The number of benzene rings is 1. The molecule has 1 heterocycles. The van der Waals surface area contributed by atoms with E-state index in [4.69, 9.17) is 9.47 Å². The highest BCUT2D eigenvalue weighted by atomic mass is 32.1. The second kappa shape index (κ2) is 9.28. The van der Waals surface area contributed by atoms with Crippen LogP contribution >= 0.6 is 11.3 Å². The Morgan fingerprint density at radius 3 is 2.52 bits per heavy atom. The Labute approximate surface area is 170 Å². The van der Waals surface area contributed by atoms with Gasteiger partial charge in [0.15, 0.2) is 18.1 Å². The van der Waals surface area contributed by atoms with E-state index < -0.39 is 23.4 Å². The van der Waals surface area contributed by atoms with Crippen molar-refractivity contribution in [2.75, 3.05) is 18.5 Å². The molecular weight excluding hydrogens is 400 g/mol. The summed E-state index contributed by atoms with van der Waals surface area (Å²) in [6, 6.07) is 4.38. The van der Waals surface area contributed by atoms with Gasteiger partial charge >= 0.3 is 11.7 Å². The minimum atomic E-state index is -0.654. The van der Waals surface area contributed by atoms with E-state index in [1.807, 2.05) is 0 Å². The Morgan fingerprint density at radius 1 is 1.24 bits per heavy atom. The van der Waals surface area contributed by atoms with Gasteiger partial charge in [-0.05, 0) is 44.9 Å². The number of esters is 1. The maximum absolute atomic E-state index is 12.3. The second-order valence-electron chi connectivity index (χ2n) is 6.10.